The number of imidazole rings is 1. The lowest BCUT2D eigenvalue weighted by molar-refractivity contribution is -0.127. The molecule has 2 aliphatic rings. The maximum atomic E-state index is 12.8. The number of carbonyl (C=O) groups is 1. The molecule has 4 N–H and O–H groups in total. The number of amides is 1. The van der Waals surface area contributed by atoms with Gasteiger partial charge in [-0.2, -0.15) is 0 Å². The molecule has 1 aromatic heterocycles. The number of benzene rings is 1. The Hall–Kier alpha value is -2.26. The van der Waals surface area contributed by atoms with Gasteiger partial charge in [0.1, 0.15) is 5.82 Å². The minimum Gasteiger partial charge on any atom is -0.392 e. The van der Waals surface area contributed by atoms with Crippen LogP contribution in [0.1, 0.15) is 30.9 Å². The van der Waals surface area contributed by atoms with Crippen LogP contribution in [0.2, 0.25) is 0 Å². The molecule has 0 radical (unpaired) electrons. The van der Waals surface area contributed by atoms with Gasteiger partial charge in [-0.3, -0.25) is 4.79 Å². The number of carbonyl (C=O) groups excluding carboxylic acids is 1. The molecule has 0 spiro atoms. The van der Waals surface area contributed by atoms with Crippen LogP contribution >= 0.6 is 0 Å². The van der Waals surface area contributed by atoms with E-state index in [0.717, 1.165) is 43.1 Å². The van der Waals surface area contributed by atoms with Crippen molar-refractivity contribution in [1.29, 1.82) is 0 Å². The smallest absolute Gasteiger partial charge is 0.225 e. The molecular weight excluding hydrogens is 396 g/mol. The van der Waals surface area contributed by atoms with Gasteiger partial charge in [0.15, 0.2) is 0 Å². The van der Waals surface area contributed by atoms with Gasteiger partial charge >= 0.3 is 0 Å². The molecular formula is C23H32N4O4. The first kappa shape index (κ1) is 22.0. The molecule has 1 aliphatic heterocycles. The van der Waals surface area contributed by atoms with Gasteiger partial charge in [0.05, 0.1) is 18.6 Å². The maximum absolute atomic E-state index is 12.8. The van der Waals surface area contributed by atoms with E-state index in [2.05, 4.69) is 20.6 Å². The zero-order valence-electron chi connectivity index (χ0n) is 17.9. The van der Waals surface area contributed by atoms with E-state index in [9.17, 15) is 9.90 Å². The number of H-pyrrole nitrogens is 1. The molecule has 8 heteroatoms. The van der Waals surface area contributed by atoms with Crippen LogP contribution < -0.4 is 10.6 Å². The van der Waals surface area contributed by atoms with Crippen molar-refractivity contribution < 1.29 is 19.4 Å². The van der Waals surface area contributed by atoms with Crippen molar-refractivity contribution in [2.45, 2.75) is 43.4 Å². The van der Waals surface area contributed by atoms with Crippen LogP contribution in [-0.4, -0.2) is 72.6 Å². The molecule has 31 heavy (non-hydrogen) atoms. The van der Waals surface area contributed by atoms with Crippen molar-refractivity contribution in [2.24, 2.45) is 5.92 Å². The summed E-state index contributed by atoms with van der Waals surface area (Å²) in [4.78, 5) is 20.7. The first-order chi connectivity index (χ1) is 15.2. The van der Waals surface area contributed by atoms with Crippen LogP contribution in [0.15, 0.2) is 36.5 Å². The predicted molar refractivity (Wildman–Crippen MR) is 117 cm³/mol. The van der Waals surface area contributed by atoms with E-state index in [1.165, 1.54) is 0 Å². The third kappa shape index (κ3) is 5.15. The van der Waals surface area contributed by atoms with Crippen LogP contribution in [-0.2, 0) is 14.3 Å². The van der Waals surface area contributed by atoms with Gasteiger partial charge in [0, 0.05) is 62.3 Å². The Morgan fingerprint density at radius 3 is 2.81 bits per heavy atom. The number of nitrogens with zero attached hydrogens (tertiary/aromatic N) is 1. The fraction of sp³-hybridized carbons (Fsp3) is 0.565. The number of aliphatic hydroxyl groups excluding tert-OH is 1. The van der Waals surface area contributed by atoms with Crippen LogP contribution in [0, 0.1) is 5.92 Å². The van der Waals surface area contributed by atoms with Crippen LogP contribution in [0.5, 0.6) is 0 Å². The van der Waals surface area contributed by atoms with E-state index in [1.54, 1.807) is 13.3 Å². The summed E-state index contributed by atoms with van der Waals surface area (Å²) in [5.74, 6) is -0.0945. The number of hydrogen-bond donors (Lipinski definition) is 4. The second-order valence-electron chi connectivity index (χ2n) is 8.36. The second kappa shape index (κ2) is 10.4. The number of aliphatic hydroxyl groups is 1. The Morgan fingerprint density at radius 1 is 1.29 bits per heavy atom. The number of ether oxygens (including phenoxy) is 2. The molecule has 2 aromatic rings. The average molecular weight is 429 g/mol. The molecule has 0 unspecified atom stereocenters. The SMILES string of the molecule is COCCNC(=O)[C@H]1C[C@@H](NC2CCOCC2)[C@H](c2cnc(-c3ccccc3)[nH]2)[C@@H]1O. The van der Waals surface area contributed by atoms with E-state index in [4.69, 9.17) is 9.47 Å². The number of aromatic amines is 1. The summed E-state index contributed by atoms with van der Waals surface area (Å²) in [5.41, 5.74) is 1.84. The molecule has 1 amide bonds. The molecule has 1 saturated carbocycles. The third-order valence-electron chi connectivity index (χ3n) is 6.34. The predicted octanol–water partition coefficient (Wildman–Crippen LogP) is 1.44. The van der Waals surface area contributed by atoms with Gasteiger partial charge in [-0.25, -0.2) is 4.98 Å². The van der Waals surface area contributed by atoms with Crippen LogP contribution in [0.25, 0.3) is 11.4 Å². The molecule has 2 heterocycles. The lowest BCUT2D eigenvalue weighted by Gasteiger charge is -2.29. The maximum Gasteiger partial charge on any atom is 0.225 e. The number of methoxy groups -OCH3 is 1. The molecule has 1 saturated heterocycles. The molecule has 4 rings (SSSR count). The lowest BCUT2D eigenvalue weighted by atomic mass is 9.95. The highest BCUT2D eigenvalue weighted by atomic mass is 16.5. The van der Waals surface area contributed by atoms with Gasteiger partial charge in [-0.05, 0) is 19.3 Å². The molecule has 8 nitrogen and oxygen atoms in total. The standard InChI is InChI=1S/C23H32N4O4/c1-30-12-9-24-23(29)17-13-18(26-16-7-10-31-11-8-16)20(21(17)28)19-14-25-22(27-19)15-5-3-2-4-6-15/h2-6,14,16-18,20-21,26,28H,7-13H2,1H3,(H,24,29)(H,25,27)/t17-,18+,20+,21+/m0/s1. The van der Waals surface area contributed by atoms with E-state index < -0.39 is 12.0 Å². The van der Waals surface area contributed by atoms with Gasteiger partial charge in [-0.15, -0.1) is 0 Å². The van der Waals surface area contributed by atoms with Crippen molar-refractivity contribution in [3.8, 4) is 11.4 Å². The van der Waals surface area contributed by atoms with Gasteiger partial charge in [-0.1, -0.05) is 30.3 Å². The van der Waals surface area contributed by atoms with Gasteiger partial charge < -0.3 is 30.2 Å². The third-order valence-corrected chi connectivity index (χ3v) is 6.34. The van der Waals surface area contributed by atoms with Crippen LogP contribution in [0.3, 0.4) is 0 Å². The highest BCUT2D eigenvalue weighted by Gasteiger charge is 2.47. The normalized spacial score (nSPS) is 26.8. The first-order valence-corrected chi connectivity index (χ1v) is 11.1. The van der Waals surface area contributed by atoms with E-state index in [0.29, 0.717) is 25.6 Å². The molecule has 1 aromatic carbocycles. The van der Waals surface area contributed by atoms with E-state index in [1.807, 2.05) is 30.3 Å². The molecule has 0 bridgehead atoms. The zero-order valence-corrected chi connectivity index (χ0v) is 17.9. The Balaban J connectivity index is 1.54. The minimum atomic E-state index is -0.802. The van der Waals surface area contributed by atoms with Crippen molar-refractivity contribution in [3.05, 3.63) is 42.2 Å². The topological polar surface area (TPSA) is 109 Å². The highest BCUT2D eigenvalue weighted by molar-refractivity contribution is 5.80. The van der Waals surface area contributed by atoms with Crippen molar-refractivity contribution in [2.75, 3.05) is 33.5 Å². The number of nitrogens with one attached hydrogen (secondary N) is 3. The zero-order chi connectivity index (χ0) is 21.6. The van der Waals surface area contributed by atoms with Crippen LogP contribution in [0.4, 0.5) is 0 Å². The van der Waals surface area contributed by atoms with E-state index in [-0.39, 0.29) is 17.9 Å². The highest BCUT2D eigenvalue weighted by Crippen LogP contribution is 2.39. The lowest BCUT2D eigenvalue weighted by Crippen LogP contribution is -2.43. The second-order valence-corrected chi connectivity index (χ2v) is 8.36. The molecule has 4 atom stereocenters. The fourth-order valence-corrected chi connectivity index (χ4v) is 4.70. The summed E-state index contributed by atoms with van der Waals surface area (Å²) in [5, 5.41) is 17.8. The summed E-state index contributed by atoms with van der Waals surface area (Å²) in [7, 11) is 1.60. The van der Waals surface area contributed by atoms with Crippen molar-refractivity contribution in [3.63, 3.8) is 0 Å². The van der Waals surface area contributed by atoms with Crippen molar-refractivity contribution in [1.82, 2.24) is 20.6 Å². The first-order valence-electron chi connectivity index (χ1n) is 11.1. The van der Waals surface area contributed by atoms with E-state index >= 15 is 0 Å². The van der Waals surface area contributed by atoms with Gasteiger partial charge in [0.2, 0.25) is 5.91 Å². The Bertz CT molecular complexity index is 837. The Morgan fingerprint density at radius 2 is 2.06 bits per heavy atom. The van der Waals surface area contributed by atoms with Crippen molar-refractivity contribution >= 4 is 5.91 Å². The average Bonchev–Trinajstić information content (AvgIpc) is 3.40. The Labute approximate surface area is 182 Å². The molecule has 1 aliphatic carbocycles. The minimum absolute atomic E-state index is 0.0275. The summed E-state index contributed by atoms with van der Waals surface area (Å²) in [6, 6.07) is 10.2. The number of rotatable bonds is 8. The quantitative estimate of drug-likeness (QED) is 0.474. The summed E-state index contributed by atoms with van der Waals surface area (Å²) in [6.45, 7) is 2.35. The van der Waals surface area contributed by atoms with Gasteiger partial charge in [0.25, 0.3) is 0 Å². The molecule has 2 fully saturated rings. The fourth-order valence-electron chi connectivity index (χ4n) is 4.70. The Kier molecular flexibility index (Phi) is 7.34. The largest absolute Gasteiger partial charge is 0.392 e. The monoisotopic (exact) mass is 428 g/mol. The molecule has 168 valence electrons. The number of hydrogen-bond acceptors (Lipinski definition) is 6. The summed E-state index contributed by atoms with van der Waals surface area (Å²) in [6.07, 6.45) is 3.43. The summed E-state index contributed by atoms with van der Waals surface area (Å²) >= 11 is 0. The number of aromatic nitrogens is 2. The summed E-state index contributed by atoms with van der Waals surface area (Å²) < 4.78 is 10.5.